The first-order valence-electron chi connectivity index (χ1n) is 5.28. The van der Waals surface area contributed by atoms with Crippen LogP contribution in [0, 0.1) is 5.82 Å². The van der Waals surface area contributed by atoms with E-state index in [-0.39, 0.29) is 28.2 Å². The molecule has 0 aliphatic heterocycles. The lowest BCUT2D eigenvalue weighted by atomic mass is 10.2. The fraction of sp³-hybridized carbons (Fsp3) is 0.0833. The number of halogens is 3. The Morgan fingerprint density at radius 3 is 2.74 bits per heavy atom. The quantitative estimate of drug-likeness (QED) is 0.948. The zero-order valence-corrected chi connectivity index (χ0v) is 11.0. The van der Waals surface area contributed by atoms with Gasteiger partial charge < -0.3 is 5.32 Å². The van der Waals surface area contributed by atoms with Gasteiger partial charge in [0.1, 0.15) is 5.82 Å². The molecule has 1 amide bonds. The Morgan fingerprint density at radius 1 is 1.26 bits per heavy atom. The first-order valence-corrected chi connectivity index (χ1v) is 6.04. The van der Waals surface area contributed by atoms with Crippen molar-refractivity contribution in [2.75, 3.05) is 0 Å². The number of benzene rings is 1. The molecule has 0 radical (unpaired) electrons. The molecule has 0 saturated heterocycles. The van der Waals surface area contributed by atoms with Gasteiger partial charge in [-0.1, -0.05) is 41.4 Å². The molecule has 0 aliphatic carbocycles. The Labute approximate surface area is 118 Å². The Hall–Kier alpha value is -1.72. The van der Waals surface area contributed by atoms with Gasteiger partial charge in [0.05, 0.1) is 5.56 Å². The molecule has 1 aromatic carbocycles. The van der Waals surface area contributed by atoms with Crippen LogP contribution in [0.1, 0.15) is 15.9 Å². The summed E-state index contributed by atoms with van der Waals surface area (Å²) in [6.45, 7) is 0.0434. The molecule has 7 heteroatoms. The number of nitrogens with one attached hydrogen (secondary N) is 1. The SMILES string of the molecule is O=C(NCc1ccccc1F)c1cc(Cl)nnc1Cl. The predicted molar refractivity (Wildman–Crippen MR) is 69.6 cm³/mol. The second-order valence-corrected chi connectivity index (χ2v) is 4.39. The number of rotatable bonds is 3. The second kappa shape index (κ2) is 5.95. The van der Waals surface area contributed by atoms with Crippen LogP contribution in [0.5, 0.6) is 0 Å². The Balaban J connectivity index is 2.10. The van der Waals surface area contributed by atoms with Crippen molar-refractivity contribution in [2.24, 2.45) is 0 Å². The molecule has 1 N–H and O–H groups in total. The smallest absolute Gasteiger partial charge is 0.254 e. The van der Waals surface area contributed by atoms with Crippen LogP contribution in [-0.4, -0.2) is 16.1 Å². The number of hydrogen-bond acceptors (Lipinski definition) is 3. The van der Waals surface area contributed by atoms with Crippen molar-refractivity contribution in [1.29, 1.82) is 0 Å². The van der Waals surface area contributed by atoms with Gasteiger partial charge in [0.15, 0.2) is 10.3 Å². The van der Waals surface area contributed by atoms with Gasteiger partial charge in [-0.3, -0.25) is 4.79 Å². The molecule has 0 spiro atoms. The normalized spacial score (nSPS) is 10.3. The summed E-state index contributed by atoms with van der Waals surface area (Å²) < 4.78 is 13.4. The molecule has 0 atom stereocenters. The number of carbonyl (C=O) groups is 1. The second-order valence-electron chi connectivity index (χ2n) is 3.65. The summed E-state index contributed by atoms with van der Waals surface area (Å²) in [6, 6.07) is 7.45. The van der Waals surface area contributed by atoms with Crippen LogP contribution in [0.2, 0.25) is 10.3 Å². The maximum absolute atomic E-state index is 13.4. The topological polar surface area (TPSA) is 54.9 Å². The Kier molecular flexibility index (Phi) is 4.29. The van der Waals surface area contributed by atoms with E-state index in [0.717, 1.165) is 0 Å². The van der Waals surface area contributed by atoms with Gasteiger partial charge >= 0.3 is 0 Å². The van der Waals surface area contributed by atoms with Crippen molar-refractivity contribution in [3.8, 4) is 0 Å². The third-order valence-electron chi connectivity index (χ3n) is 2.36. The zero-order chi connectivity index (χ0) is 13.8. The molecule has 1 aromatic heterocycles. The monoisotopic (exact) mass is 299 g/mol. The highest BCUT2D eigenvalue weighted by molar-refractivity contribution is 6.34. The highest BCUT2D eigenvalue weighted by Crippen LogP contribution is 2.15. The molecule has 1 heterocycles. The minimum Gasteiger partial charge on any atom is -0.348 e. The number of carbonyl (C=O) groups excluding carboxylic acids is 1. The van der Waals surface area contributed by atoms with Crippen LogP contribution in [0.15, 0.2) is 30.3 Å². The Bertz CT molecular complexity index is 622. The molecule has 2 aromatic rings. The molecule has 0 aliphatic rings. The van der Waals surface area contributed by atoms with E-state index in [2.05, 4.69) is 15.5 Å². The molecule has 0 saturated carbocycles. The minimum atomic E-state index is -0.495. The van der Waals surface area contributed by atoms with Crippen LogP contribution in [0.4, 0.5) is 4.39 Å². The lowest BCUT2D eigenvalue weighted by Crippen LogP contribution is -2.24. The third-order valence-corrected chi connectivity index (χ3v) is 2.82. The lowest BCUT2D eigenvalue weighted by Gasteiger charge is -2.07. The predicted octanol–water partition coefficient (Wildman–Crippen LogP) is 2.85. The highest BCUT2D eigenvalue weighted by Gasteiger charge is 2.13. The summed E-state index contributed by atoms with van der Waals surface area (Å²) in [5, 5.41) is 9.55. The van der Waals surface area contributed by atoms with Crippen LogP contribution in [0.3, 0.4) is 0 Å². The standard InChI is InChI=1S/C12H8Cl2FN3O/c13-10-5-8(11(14)18-17-10)12(19)16-6-7-3-1-2-4-9(7)15/h1-5H,6H2,(H,16,19). The number of nitrogens with zero attached hydrogens (tertiary/aromatic N) is 2. The molecule has 19 heavy (non-hydrogen) atoms. The van der Waals surface area contributed by atoms with Crippen molar-refractivity contribution in [1.82, 2.24) is 15.5 Å². The van der Waals surface area contributed by atoms with Gasteiger partial charge in [-0.25, -0.2) is 4.39 Å². The van der Waals surface area contributed by atoms with Crippen molar-refractivity contribution in [3.05, 3.63) is 57.6 Å². The van der Waals surface area contributed by atoms with Gasteiger partial charge in [-0.2, -0.15) is 0 Å². The average Bonchev–Trinajstić information content (AvgIpc) is 2.40. The van der Waals surface area contributed by atoms with Gasteiger partial charge in [0.2, 0.25) is 0 Å². The van der Waals surface area contributed by atoms with Crippen molar-refractivity contribution in [3.63, 3.8) is 0 Å². The van der Waals surface area contributed by atoms with Crippen molar-refractivity contribution in [2.45, 2.75) is 6.54 Å². The maximum Gasteiger partial charge on any atom is 0.254 e. The lowest BCUT2D eigenvalue weighted by molar-refractivity contribution is 0.0950. The largest absolute Gasteiger partial charge is 0.348 e. The molecule has 2 rings (SSSR count). The minimum absolute atomic E-state index is 0.0434. The van der Waals surface area contributed by atoms with Gasteiger partial charge in [-0.05, 0) is 12.1 Å². The van der Waals surface area contributed by atoms with Crippen LogP contribution >= 0.6 is 23.2 Å². The van der Waals surface area contributed by atoms with E-state index >= 15 is 0 Å². The van der Waals surface area contributed by atoms with E-state index < -0.39 is 5.91 Å². The molecule has 0 bridgehead atoms. The summed E-state index contributed by atoms with van der Waals surface area (Å²) in [5.74, 6) is -0.884. The molecule has 4 nitrogen and oxygen atoms in total. The number of hydrogen-bond donors (Lipinski definition) is 1. The molecule has 0 fully saturated rings. The molecule has 98 valence electrons. The number of amides is 1. The third kappa shape index (κ3) is 3.39. The molecule has 0 unspecified atom stereocenters. The van der Waals surface area contributed by atoms with Crippen LogP contribution < -0.4 is 5.32 Å². The summed E-state index contributed by atoms with van der Waals surface area (Å²) in [6.07, 6.45) is 0. The van der Waals surface area contributed by atoms with Crippen molar-refractivity contribution < 1.29 is 9.18 Å². The Morgan fingerprint density at radius 2 is 2.00 bits per heavy atom. The highest BCUT2D eigenvalue weighted by atomic mass is 35.5. The van der Waals surface area contributed by atoms with E-state index in [1.807, 2.05) is 0 Å². The summed E-state index contributed by atoms with van der Waals surface area (Å²) in [5.41, 5.74) is 0.470. The average molecular weight is 300 g/mol. The zero-order valence-electron chi connectivity index (χ0n) is 9.53. The maximum atomic E-state index is 13.4. The first kappa shape index (κ1) is 13.7. The van der Waals surface area contributed by atoms with E-state index in [1.54, 1.807) is 18.2 Å². The van der Waals surface area contributed by atoms with Crippen LogP contribution in [0.25, 0.3) is 0 Å². The van der Waals surface area contributed by atoms with Gasteiger partial charge in [-0.15, -0.1) is 10.2 Å². The van der Waals surface area contributed by atoms with Crippen LogP contribution in [-0.2, 0) is 6.54 Å². The summed E-state index contributed by atoms with van der Waals surface area (Å²) in [4.78, 5) is 11.9. The summed E-state index contributed by atoms with van der Waals surface area (Å²) in [7, 11) is 0. The van der Waals surface area contributed by atoms with E-state index in [0.29, 0.717) is 5.56 Å². The van der Waals surface area contributed by atoms with E-state index in [1.165, 1.54) is 12.1 Å². The van der Waals surface area contributed by atoms with Gasteiger partial charge in [0, 0.05) is 12.1 Å². The fourth-order valence-corrected chi connectivity index (χ4v) is 1.75. The van der Waals surface area contributed by atoms with Crippen molar-refractivity contribution >= 4 is 29.1 Å². The molecular weight excluding hydrogens is 292 g/mol. The summed E-state index contributed by atoms with van der Waals surface area (Å²) >= 11 is 11.4. The van der Waals surface area contributed by atoms with E-state index in [9.17, 15) is 9.18 Å². The first-order chi connectivity index (χ1) is 9.08. The van der Waals surface area contributed by atoms with E-state index in [4.69, 9.17) is 23.2 Å². The number of aromatic nitrogens is 2. The van der Waals surface area contributed by atoms with Gasteiger partial charge in [0.25, 0.3) is 5.91 Å². The molecular formula is C12H8Cl2FN3O. The fourth-order valence-electron chi connectivity index (χ4n) is 1.42.